The average molecular weight is 363 g/mol. The van der Waals surface area contributed by atoms with Crippen LogP contribution in [0, 0.1) is 25.5 Å². The highest BCUT2D eigenvalue weighted by Gasteiger charge is 2.18. The quantitative estimate of drug-likeness (QED) is 0.655. The number of amides is 1. The van der Waals surface area contributed by atoms with Crippen molar-refractivity contribution in [3.8, 4) is 0 Å². The zero-order chi connectivity index (χ0) is 19.4. The number of nitrogens with zero attached hydrogens (tertiary/aromatic N) is 2. The third kappa shape index (κ3) is 4.53. The van der Waals surface area contributed by atoms with Crippen LogP contribution in [0.4, 0.5) is 14.5 Å². The zero-order valence-electron chi connectivity index (χ0n) is 14.8. The van der Waals surface area contributed by atoms with Crippen molar-refractivity contribution in [2.24, 2.45) is 7.05 Å². The van der Waals surface area contributed by atoms with Crippen molar-refractivity contribution in [1.29, 1.82) is 0 Å². The highest BCUT2D eigenvalue weighted by molar-refractivity contribution is 5.96. The molecular weight excluding hydrogens is 344 g/mol. The summed E-state index contributed by atoms with van der Waals surface area (Å²) in [4.78, 5) is 23.9. The van der Waals surface area contributed by atoms with Gasteiger partial charge >= 0.3 is 5.97 Å². The first-order valence-electron chi connectivity index (χ1n) is 7.84. The third-order valence-electron chi connectivity index (χ3n) is 3.80. The molecule has 1 heterocycles. The summed E-state index contributed by atoms with van der Waals surface area (Å²) >= 11 is 0. The average Bonchev–Trinajstić information content (AvgIpc) is 2.81. The first-order chi connectivity index (χ1) is 12.2. The summed E-state index contributed by atoms with van der Waals surface area (Å²) in [5.74, 6) is -3.00. The zero-order valence-corrected chi connectivity index (χ0v) is 14.8. The van der Waals surface area contributed by atoms with Crippen molar-refractivity contribution in [1.82, 2.24) is 9.78 Å². The Hall–Kier alpha value is -3.03. The second-order valence-electron chi connectivity index (χ2n) is 5.73. The molecule has 0 saturated heterocycles. The van der Waals surface area contributed by atoms with Gasteiger partial charge in [0, 0.05) is 30.4 Å². The molecule has 0 radical (unpaired) electrons. The minimum Gasteiger partial charge on any atom is -0.449 e. The fourth-order valence-corrected chi connectivity index (χ4v) is 2.28. The van der Waals surface area contributed by atoms with Crippen LogP contribution in [0.3, 0.4) is 0 Å². The van der Waals surface area contributed by atoms with E-state index in [1.54, 1.807) is 17.8 Å². The van der Waals surface area contributed by atoms with Crippen molar-refractivity contribution in [3.05, 3.63) is 52.9 Å². The smallest absolute Gasteiger partial charge is 0.331 e. The highest BCUT2D eigenvalue weighted by Crippen LogP contribution is 2.16. The van der Waals surface area contributed by atoms with E-state index < -0.39 is 29.6 Å². The Morgan fingerprint density at radius 1 is 1.31 bits per heavy atom. The van der Waals surface area contributed by atoms with Crippen LogP contribution >= 0.6 is 0 Å². The molecule has 1 aromatic heterocycles. The molecule has 26 heavy (non-hydrogen) atoms. The molecule has 1 N–H and O–H groups in total. The minimum absolute atomic E-state index is 0.324. The standard InChI is InChI=1S/C18H19F2N3O3/c1-10-14(11(2)23(4)22-10)6-8-17(24)26-12(3)18(25)21-16-9-13(19)5-7-15(16)20/h5-9,12H,1-4H3,(H,21,25)/b8-6+/t12-/m0/s1. The number of esters is 1. The molecule has 0 aliphatic heterocycles. The van der Waals surface area contributed by atoms with E-state index >= 15 is 0 Å². The molecule has 2 aromatic rings. The van der Waals surface area contributed by atoms with Gasteiger partial charge in [-0.25, -0.2) is 13.6 Å². The Morgan fingerprint density at radius 3 is 2.62 bits per heavy atom. The molecule has 0 spiro atoms. The largest absolute Gasteiger partial charge is 0.449 e. The lowest BCUT2D eigenvalue weighted by atomic mass is 10.2. The Kier molecular flexibility index (Phi) is 5.86. The summed E-state index contributed by atoms with van der Waals surface area (Å²) in [5, 5.41) is 6.41. The number of aromatic nitrogens is 2. The number of anilines is 1. The van der Waals surface area contributed by atoms with Gasteiger partial charge in [-0.15, -0.1) is 0 Å². The van der Waals surface area contributed by atoms with Crippen LogP contribution in [0.5, 0.6) is 0 Å². The number of carbonyl (C=O) groups is 2. The fraction of sp³-hybridized carbons (Fsp3) is 0.278. The molecule has 0 aliphatic rings. The van der Waals surface area contributed by atoms with Gasteiger partial charge in [0.05, 0.1) is 11.4 Å². The summed E-state index contributed by atoms with van der Waals surface area (Å²) in [7, 11) is 1.79. The van der Waals surface area contributed by atoms with E-state index in [9.17, 15) is 18.4 Å². The molecule has 0 bridgehead atoms. The molecule has 8 heteroatoms. The van der Waals surface area contributed by atoms with Crippen LogP contribution in [0.25, 0.3) is 6.08 Å². The predicted octanol–water partition coefficient (Wildman–Crippen LogP) is 2.90. The van der Waals surface area contributed by atoms with Gasteiger partial charge in [0.1, 0.15) is 11.6 Å². The van der Waals surface area contributed by atoms with Crippen molar-refractivity contribution in [2.45, 2.75) is 26.9 Å². The lowest BCUT2D eigenvalue weighted by molar-refractivity contribution is -0.148. The number of halogens is 2. The summed E-state index contributed by atoms with van der Waals surface area (Å²) in [6, 6.07) is 2.67. The first-order valence-corrected chi connectivity index (χ1v) is 7.84. The Balaban J connectivity index is 1.98. The number of aryl methyl sites for hydroxylation is 2. The Bertz CT molecular complexity index is 875. The second-order valence-corrected chi connectivity index (χ2v) is 5.73. The summed E-state index contributed by atoms with van der Waals surface area (Å²) in [6.07, 6.45) is 1.55. The molecule has 0 unspecified atom stereocenters. The maximum atomic E-state index is 13.5. The Morgan fingerprint density at radius 2 is 2.00 bits per heavy atom. The molecule has 1 aromatic carbocycles. The van der Waals surface area contributed by atoms with Crippen LogP contribution in [0.15, 0.2) is 24.3 Å². The minimum atomic E-state index is -1.19. The van der Waals surface area contributed by atoms with Crippen LogP contribution in [-0.4, -0.2) is 27.8 Å². The maximum absolute atomic E-state index is 13.5. The summed E-state index contributed by atoms with van der Waals surface area (Å²) in [6.45, 7) is 5.00. The molecule has 6 nitrogen and oxygen atoms in total. The number of ether oxygens (including phenoxy) is 1. The number of benzene rings is 1. The van der Waals surface area contributed by atoms with Gasteiger partial charge in [0.15, 0.2) is 6.10 Å². The Labute approximate surface area is 149 Å². The van der Waals surface area contributed by atoms with Gasteiger partial charge in [0.25, 0.3) is 5.91 Å². The lowest BCUT2D eigenvalue weighted by Gasteiger charge is -2.12. The van der Waals surface area contributed by atoms with E-state index in [4.69, 9.17) is 4.74 Å². The van der Waals surface area contributed by atoms with Crippen LogP contribution in [0.1, 0.15) is 23.9 Å². The number of hydrogen-bond donors (Lipinski definition) is 1. The van der Waals surface area contributed by atoms with Crippen molar-refractivity contribution in [2.75, 3.05) is 5.32 Å². The number of nitrogens with one attached hydrogen (secondary N) is 1. The van der Waals surface area contributed by atoms with E-state index in [1.807, 2.05) is 13.8 Å². The van der Waals surface area contributed by atoms with Crippen molar-refractivity contribution in [3.63, 3.8) is 0 Å². The molecule has 2 rings (SSSR count). The van der Waals surface area contributed by atoms with E-state index in [-0.39, 0.29) is 5.69 Å². The lowest BCUT2D eigenvalue weighted by Crippen LogP contribution is -2.29. The summed E-state index contributed by atoms with van der Waals surface area (Å²) in [5.41, 5.74) is 2.08. The van der Waals surface area contributed by atoms with Gasteiger partial charge in [-0.05, 0) is 39.0 Å². The van der Waals surface area contributed by atoms with Gasteiger partial charge < -0.3 is 10.1 Å². The van der Waals surface area contributed by atoms with Crippen LogP contribution in [-0.2, 0) is 21.4 Å². The SMILES string of the molecule is Cc1nn(C)c(C)c1/C=C/C(=O)O[C@@H](C)C(=O)Nc1cc(F)ccc1F. The third-order valence-corrected chi connectivity index (χ3v) is 3.80. The normalized spacial score (nSPS) is 12.2. The van der Waals surface area contributed by atoms with E-state index in [2.05, 4.69) is 10.4 Å². The van der Waals surface area contributed by atoms with Gasteiger partial charge in [0.2, 0.25) is 0 Å². The highest BCUT2D eigenvalue weighted by atomic mass is 19.1. The molecule has 1 atom stereocenters. The molecule has 1 amide bonds. The first kappa shape index (κ1) is 19.3. The van der Waals surface area contributed by atoms with Crippen molar-refractivity contribution < 1.29 is 23.1 Å². The molecule has 0 saturated carbocycles. The monoisotopic (exact) mass is 363 g/mol. The van der Waals surface area contributed by atoms with Gasteiger partial charge in [-0.3, -0.25) is 9.48 Å². The van der Waals surface area contributed by atoms with Crippen LogP contribution < -0.4 is 5.32 Å². The number of carbonyl (C=O) groups excluding carboxylic acids is 2. The van der Waals surface area contributed by atoms with Gasteiger partial charge in [-0.1, -0.05) is 0 Å². The predicted molar refractivity (Wildman–Crippen MR) is 92.3 cm³/mol. The van der Waals surface area contributed by atoms with Crippen molar-refractivity contribution >= 4 is 23.6 Å². The molecule has 0 fully saturated rings. The number of hydrogen-bond acceptors (Lipinski definition) is 4. The van der Waals surface area contributed by atoms with E-state index in [0.717, 1.165) is 35.2 Å². The van der Waals surface area contributed by atoms with Crippen LogP contribution in [0.2, 0.25) is 0 Å². The summed E-state index contributed by atoms with van der Waals surface area (Å²) < 4.78 is 33.3. The number of rotatable bonds is 5. The topological polar surface area (TPSA) is 73.2 Å². The van der Waals surface area contributed by atoms with Gasteiger partial charge in [-0.2, -0.15) is 5.10 Å². The second kappa shape index (κ2) is 7.90. The molecule has 138 valence electrons. The fourth-order valence-electron chi connectivity index (χ4n) is 2.28. The molecule has 0 aliphatic carbocycles. The van der Waals surface area contributed by atoms with E-state index in [0.29, 0.717) is 0 Å². The molecular formula is C18H19F2N3O3. The van der Waals surface area contributed by atoms with E-state index in [1.165, 1.54) is 13.0 Å². The maximum Gasteiger partial charge on any atom is 0.331 e.